The van der Waals surface area contributed by atoms with Crippen molar-refractivity contribution in [3.05, 3.63) is 21.7 Å². The Morgan fingerprint density at radius 1 is 1.53 bits per heavy atom. The molecule has 1 unspecified atom stereocenters. The highest BCUT2D eigenvalue weighted by atomic mass is 79.9. The van der Waals surface area contributed by atoms with Crippen molar-refractivity contribution in [2.75, 3.05) is 6.79 Å². The molecule has 5 heteroatoms. The molecule has 1 saturated carbocycles. The van der Waals surface area contributed by atoms with Gasteiger partial charge in [-0.3, -0.25) is 4.79 Å². The number of hydrogen-bond donors (Lipinski definition) is 1. The van der Waals surface area contributed by atoms with Gasteiger partial charge in [-0.2, -0.15) is 0 Å². The number of rotatable bonds is 4. The van der Waals surface area contributed by atoms with Crippen LogP contribution < -0.4 is 9.47 Å². The van der Waals surface area contributed by atoms with E-state index in [1.54, 1.807) is 0 Å². The summed E-state index contributed by atoms with van der Waals surface area (Å²) >= 11 is 3.59. The second-order valence-electron chi connectivity index (χ2n) is 5.18. The molecule has 3 rings (SSSR count). The van der Waals surface area contributed by atoms with Gasteiger partial charge >= 0.3 is 5.97 Å². The smallest absolute Gasteiger partial charge is 0.303 e. The van der Waals surface area contributed by atoms with E-state index in [2.05, 4.69) is 15.9 Å². The first-order valence-electron chi connectivity index (χ1n) is 6.38. The highest BCUT2D eigenvalue weighted by Gasteiger charge is 2.36. The third kappa shape index (κ3) is 2.31. The minimum atomic E-state index is -0.751. The van der Waals surface area contributed by atoms with Crippen molar-refractivity contribution in [1.82, 2.24) is 0 Å². The first-order valence-corrected chi connectivity index (χ1v) is 7.17. The number of carboxylic acid groups (broad SMARTS) is 1. The zero-order valence-electron chi connectivity index (χ0n) is 10.6. The van der Waals surface area contributed by atoms with Crippen molar-refractivity contribution in [3.8, 4) is 11.5 Å². The summed E-state index contributed by atoms with van der Waals surface area (Å²) in [7, 11) is 0. The summed E-state index contributed by atoms with van der Waals surface area (Å²) in [6.45, 7) is 2.20. The number of fused-ring (bicyclic) bond motifs is 1. The molecule has 1 heterocycles. The van der Waals surface area contributed by atoms with Crippen LogP contribution in [-0.4, -0.2) is 17.9 Å². The van der Waals surface area contributed by atoms with Crippen LogP contribution in [-0.2, 0) is 4.79 Å². The quantitative estimate of drug-likeness (QED) is 0.920. The molecule has 0 aromatic heterocycles. The average molecular weight is 327 g/mol. The van der Waals surface area contributed by atoms with Gasteiger partial charge in [-0.1, -0.05) is 15.9 Å². The number of ether oxygens (including phenoxy) is 2. The summed E-state index contributed by atoms with van der Waals surface area (Å²) in [6, 6.07) is 1.94. The Labute approximate surface area is 119 Å². The third-order valence-electron chi connectivity index (χ3n) is 3.84. The normalized spacial score (nSPS) is 18.4. The zero-order chi connectivity index (χ0) is 13.6. The van der Waals surface area contributed by atoms with E-state index in [9.17, 15) is 4.79 Å². The van der Waals surface area contributed by atoms with Gasteiger partial charge in [0.25, 0.3) is 0 Å². The lowest BCUT2D eigenvalue weighted by atomic mass is 9.89. The molecule has 0 amide bonds. The van der Waals surface area contributed by atoms with Crippen LogP contribution in [0.25, 0.3) is 0 Å². The van der Waals surface area contributed by atoms with Gasteiger partial charge in [0, 0.05) is 10.0 Å². The number of benzene rings is 1. The van der Waals surface area contributed by atoms with E-state index >= 15 is 0 Å². The molecular weight excluding hydrogens is 312 g/mol. The maximum Gasteiger partial charge on any atom is 0.303 e. The summed E-state index contributed by atoms with van der Waals surface area (Å²) < 4.78 is 11.8. The number of halogens is 1. The Balaban J connectivity index is 2.03. The summed E-state index contributed by atoms with van der Waals surface area (Å²) in [4.78, 5) is 11.1. The SMILES string of the molecule is Cc1c(Br)c(C(CC(=O)O)C2CC2)cc2c1OCO2. The van der Waals surface area contributed by atoms with Crippen molar-refractivity contribution in [3.63, 3.8) is 0 Å². The van der Waals surface area contributed by atoms with Crippen molar-refractivity contribution < 1.29 is 19.4 Å². The van der Waals surface area contributed by atoms with Gasteiger partial charge in [-0.05, 0) is 43.2 Å². The fourth-order valence-corrected chi connectivity index (χ4v) is 3.29. The Kier molecular flexibility index (Phi) is 3.17. The lowest BCUT2D eigenvalue weighted by Gasteiger charge is -2.18. The molecule has 1 aliphatic heterocycles. The van der Waals surface area contributed by atoms with E-state index in [1.165, 1.54) is 0 Å². The molecule has 1 N–H and O–H groups in total. The molecular formula is C14H15BrO4. The molecule has 1 aromatic rings. The van der Waals surface area contributed by atoms with Crippen molar-refractivity contribution >= 4 is 21.9 Å². The second-order valence-corrected chi connectivity index (χ2v) is 5.97. The number of aliphatic carboxylic acids is 1. The largest absolute Gasteiger partial charge is 0.481 e. The van der Waals surface area contributed by atoms with Crippen LogP contribution in [0.3, 0.4) is 0 Å². The van der Waals surface area contributed by atoms with Gasteiger partial charge in [0.15, 0.2) is 11.5 Å². The fourth-order valence-electron chi connectivity index (χ4n) is 2.70. The van der Waals surface area contributed by atoms with Gasteiger partial charge in [0.1, 0.15) is 0 Å². The van der Waals surface area contributed by atoms with Crippen LogP contribution in [0.2, 0.25) is 0 Å². The molecule has 102 valence electrons. The van der Waals surface area contributed by atoms with Crippen molar-refractivity contribution in [2.45, 2.75) is 32.1 Å². The Hall–Kier alpha value is -1.23. The predicted molar refractivity (Wildman–Crippen MR) is 72.7 cm³/mol. The predicted octanol–water partition coefficient (Wildman–Crippen LogP) is 3.45. The second kappa shape index (κ2) is 4.71. The van der Waals surface area contributed by atoms with Crippen LogP contribution >= 0.6 is 15.9 Å². The first kappa shape index (κ1) is 12.8. The summed E-state index contributed by atoms with van der Waals surface area (Å²) in [5.74, 6) is 1.28. The Morgan fingerprint density at radius 2 is 2.26 bits per heavy atom. The highest BCUT2D eigenvalue weighted by molar-refractivity contribution is 9.10. The minimum Gasteiger partial charge on any atom is -0.481 e. The van der Waals surface area contributed by atoms with Crippen LogP contribution in [0.4, 0.5) is 0 Å². The summed E-state index contributed by atoms with van der Waals surface area (Å²) in [6.07, 6.45) is 2.39. The lowest BCUT2D eigenvalue weighted by molar-refractivity contribution is -0.137. The number of carbonyl (C=O) groups is 1. The molecule has 2 aliphatic rings. The van der Waals surface area contributed by atoms with Crippen LogP contribution in [0.15, 0.2) is 10.5 Å². The molecule has 0 saturated heterocycles. The van der Waals surface area contributed by atoms with E-state index in [0.29, 0.717) is 5.92 Å². The molecule has 1 aromatic carbocycles. The number of carboxylic acids is 1. The zero-order valence-corrected chi connectivity index (χ0v) is 12.2. The van der Waals surface area contributed by atoms with E-state index in [-0.39, 0.29) is 19.1 Å². The molecule has 1 aliphatic carbocycles. The molecule has 0 bridgehead atoms. The molecule has 0 radical (unpaired) electrons. The van der Waals surface area contributed by atoms with Crippen molar-refractivity contribution in [2.24, 2.45) is 5.92 Å². The van der Waals surface area contributed by atoms with E-state index in [4.69, 9.17) is 14.6 Å². The Bertz CT molecular complexity index is 537. The van der Waals surface area contributed by atoms with Crippen LogP contribution in [0.1, 0.15) is 36.3 Å². The Morgan fingerprint density at radius 3 is 2.89 bits per heavy atom. The first-order chi connectivity index (χ1) is 9.08. The monoisotopic (exact) mass is 326 g/mol. The van der Waals surface area contributed by atoms with Gasteiger partial charge in [0.2, 0.25) is 6.79 Å². The van der Waals surface area contributed by atoms with E-state index in [0.717, 1.165) is 39.9 Å². The third-order valence-corrected chi connectivity index (χ3v) is 4.89. The maximum absolute atomic E-state index is 11.1. The van der Waals surface area contributed by atoms with Gasteiger partial charge in [-0.15, -0.1) is 0 Å². The molecule has 1 fully saturated rings. The van der Waals surface area contributed by atoms with Crippen LogP contribution in [0, 0.1) is 12.8 Å². The van der Waals surface area contributed by atoms with E-state index in [1.807, 2.05) is 13.0 Å². The maximum atomic E-state index is 11.1. The van der Waals surface area contributed by atoms with Crippen LogP contribution in [0.5, 0.6) is 11.5 Å². The average Bonchev–Trinajstić information content (AvgIpc) is 3.09. The standard InChI is InChI=1S/C14H15BrO4/c1-7-13(15)10(4-11-14(7)19-6-18-11)9(5-12(16)17)8-2-3-8/h4,8-9H,2-3,5-6H2,1H3,(H,16,17). The molecule has 1 atom stereocenters. The highest BCUT2D eigenvalue weighted by Crippen LogP contribution is 2.50. The van der Waals surface area contributed by atoms with Gasteiger partial charge in [0.05, 0.1) is 6.42 Å². The topological polar surface area (TPSA) is 55.8 Å². The molecule has 4 nitrogen and oxygen atoms in total. The lowest BCUT2D eigenvalue weighted by Crippen LogP contribution is -2.09. The molecule has 0 spiro atoms. The minimum absolute atomic E-state index is 0.0556. The number of hydrogen-bond acceptors (Lipinski definition) is 3. The van der Waals surface area contributed by atoms with Gasteiger partial charge < -0.3 is 14.6 Å². The van der Waals surface area contributed by atoms with E-state index < -0.39 is 5.97 Å². The van der Waals surface area contributed by atoms with Crippen molar-refractivity contribution in [1.29, 1.82) is 0 Å². The summed E-state index contributed by atoms with van der Waals surface area (Å²) in [5.41, 5.74) is 2.02. The fraction of sp³-hybridized carbons (Fsp3) is 0.500. The molecule has 19 heavy (non-hydrogen) atoms. The van der Waals surface area contributed by atoms with Gasteiger partial charge in [-0.25, -0.2) is 0 Å². The summed E-state index contributed by atoms with van der Waals surface area (Å²) in [5, 5.41) is 9.10.